The quantitative estimate of drug-likeness (QED) is 0.824. The molecule has 78 valence electrons. The van der Waals surface area contributed by atoms with E-state index in [9.17, 15) is 5.11 Å². The average Bonchev–Trinajstić information content (AvgIpc) is 2.09. The number of rotatable bonds is 3. The van der Waals surface area contributed by atoms with Crippen molar-refractivity contribution in [1.29, 1.82) is 0 Å². The Kier molecular flexibility index (Phi) is 4.00. The number of aromatic hydroxyl groups is 1. The zero-order valence-electron chi connectivity index (χ0n) is 8.38. The second-order valence-corrected chi connectivity index (χ2v) is 4.59. The van der Waals surface area contributed by atoms with Crippen LogP contribution in [-0.2, 0) is 6.42 Å². The number of phenolic OH excluding ortho intramolecular Hbond substituents is 1. The maximum Gasteiger partial charge on any atom is 0.132 e. The summed E-state index contributed by atoms with van der Waals surface area (Å²) in [7, 11) is 1.63. The van der Waals surface area contributed by atoms with Crippen molar-refractivity contribution in [3.05, 3.63) is 21.3 Å². The first kappa shape index (κ1) is 11.6. The Hall–Kier alpha value is -0.490. The number of hydrogen-bond donors (Lipinski definition) is 2. The van der Waals surface area contributed by atoms with Crippen LogP contribution < -0.4 is 10.5 Å². The van der Waals surface area contributed by atoms with Gasteiger partial charge in [0.2, 0.25) is 0 Å². The van der Waals surface area contributed by atoms with E-state index in [0.29, 0.717) is 5.75 Å². The molecule has 1 aromatic rings. The predicted molar refractivity (Wildman–Crippen MR) is 63.4 cm³/mol. The molecule has 0 heterocycles. The summed E-state index contributed by atoms with van der Waals surface area (Å²) < 4.78 is 6.10. The minimum atomic E-state index is 0.283. The van der Waals surface area contributed by atoms with Crippen molar-refractivity contribution < 1.29 is 15.6 Å². The van der Waals surface area contributed by atoms with Crippen LogP contribution >= 0.6 is 22.6 Å². The first-order valence-electron chi connectivity index (χ1n) is 4.43. The normalized spacial score (nSPS) is 12.6. The number of methoxy groups -OCH3 is 1. The highest BCUT2D eigenvalue weighted by Crippen LogP contribution is 2.29. The second-order valence-electron chi connectivity index (χ2n) is 3.42. The van der Waals surface area contributed by atoms with Gasteiger partial charge in [-0.25, -0.2) is 0 Å². The summed E-state index contributed by atoms with van der Waals surface area (Å²) in [5.41, 5.74) is 4.79. The van der Waals surface area contributed by atoms with Gasteiger partial charge in [-0.2, -0.15) is 0 Å². The molecule has 1 aromatic carbocycles. The lowest BCUT2D eigenvalue weighted by atomic mass is 10.1. The van der Waals surface area contributed by atoms with Gasteiger partial charge in [0.15, 0.2) is 0 Å². The summed E-state index contributed by atoms with van der Waals surface area (Å²) in [5, 5.41) is 9.67. The van der Waals surface area contributed by atoms with Gasteiger partial charge in [0.1, 0.15) is 11.5 Å². The van der Waals surface area contributed by atoms with E-state index in [2.05, 4.69) is 28.3 Å². The Balaban J connectivity index is 3.04. The van der Waals surface area contributed by atoms with Crippen LogP contribution in [0.25, 0.3) is 0 Å². The largest absolute Gasteiger partial charge is 0.508 e. The van der Waals surface area contributed by atoms with E-state index in [1.807, 2.05) is 13.0 Å². The van der Waals surface area contributed by atoms with Crippen LogP contribution in [0, 0.1) is 3.57 Å². The Morgan fingerprint density at radius 1 is 1.57 bits per heavy atom. The molecule has 1 rings (SSSR count). The van der Waals surface area contributed by atoms with Crippen molar-refractivity contribution in [1.82, 2.24) is 0 Å². The van der Waals surface area contributed by atoms with Crippen LogP contribution in [0.4, 0.5) is 0 Å². The molecule has 0 aliphatic rings. The number of hydrogen-bond acceptors (Lipinski definition) is 2. The molecule has 0 spiro atoms. The maximum atomic E-state index is 9.67. The number of ether oxygens (including phenoxy) is 1. The van der Waals surface area contributed by atoms with Gasteiger partial charge in [0, 0.05) is 12.0 Å². The van der Waals surface area contributed by atoms with Crippen molar-refractivity contribution in [2.45, 2.75) is 19.4 Å². The first-order chi connectivity index (χ1) is 6.54. The molecule has 0 saturated heterocycles. The van der Waals surface area contributed by atoms with E-state index in [1.165, 1.54) is 0 Å². The summed E-state index contributed by atoms with van der Waals surface area (Å²) in [6, 6.07) is 3.88. The maximum absolute atomic E-state index is 9.67. The minimum absolute atomic E-state index is 0.283. The smallest absolute Gasteiger partial charge is 0.132 e. The van der Waals surface area contributed by atoms with Crippen LogP contribution in [0.1, 0.15) is 12.5 Å². The van der Waals surface area contributed by atoms with Crippen molar-refractivity contribution in [3.63, 3.8) is 0 Å². The minimum Gasteiger partial charge on any atom is -0.508 e. The highest BCUT2D eigenvalue weighted by atomic mass is 127. The molecule has 0 radical (unpaired) electrons. The van der Waals surface area contributed by atoms with Crippen molar-refractivity contribution in [2.24, 2.45) is 0 Å². The van der Waals surface area contributed by atoms with E-state index in [-0.39, 0.29) is 6.04 Å². The number of halogens is 1. The Morgan fingerprint density at radius 2 is 2.21 bits per heavy atom. The number of phenols is 1. The zero-order valence-corrected chi connectivity index (χ0v) is 10.5. The fraction of sp³-hybridized carbons (Fsp3) is 0.400. The molecule has 1 atom stereocenters. The third kappa shape index (κ3) is 2.75. The molecule has 4 N–H and O–H groups in total. The van der Waals surface area contributed by atoms with Gasteiger partial charge in [-0.05, 0) is 41.6 Å². The Labute approximate surface area is 97.4 Å². The molecule has 4 heteroatoms. The monoisotopic (exact) mass is 308 g/mol. The van der Waals surface area contributed by atoms with Crippen LogP contribution in [0.5, 0.6) is 11.5 Å². The topological polar surface area (TPSA) is 57.1 Å². The zero-order chi connectivity index (χ0) is 10.7. The van der Waals surface area contributed by atoms with Gasteiger partial charge in [-0.1, -0.05) is 0 Å². The van der Waals surface area contributed by atoms with Crippen LogP contribution in [0.15, 0.2) is 12.1 Å². The molecule has 0 fully saturated rings. The molecule has 0 aromatic heterocycles. The van der Waals surface area contributed by atoms with Gasteiger partial charge >= 0.3 is 0 Å². The predicted octanol–water partition coefficient (Wildman–Crippen LogP) is 1.18. The van der Waals surface area contributed by atoms with Gasteiger partial charge in [0.25, 0.3) is 0 Å². The van der Waals surface area contributed by atoms with E-state index in [4.69, 9.17) is 4.74 Å². The lowest BCUT2D eigenvalue weighted by Crippen LogP contribution is -2.60. The molecule has 0 unspecified atom stereocenters. The standard InChI is InChI=1S/C10H14INO2/c1-6(12)3-7-4-10(14-2)8(11)5-9(7)13/h4-6,13H,3,12H2,1-2H3/p+1/t6-/m1/s1. The van der Waals surface area contributed by atoms with E-state index in [1.54, 1.807) is 13.2 Å². The van der Waals surface area contributed by atoms with E-state index in [0.717, 1.165) is 21.3 Å². The molecule has 3 nitrogen and oxygen atoms in total. The van der Waals surface area contributed by atoms with Crippen molar-refractivity contribution in [3.8, 4) is 11.5 Å². The van der Waals surface area contributed by atoms with Gasteiger partial charge in [-0.3, -0.25) is 0 Å². The number of quaternary nitrogens is 1. The summed E-state index contributed by atoms with van der Waals surface area (Å²) in [6.07, 6.45) is 0.763. The molecular weight excluding hydrogens is 293 g/mol. The molecular formula is C10H15INO2+. The van der Waals surface area contributed by atoms with Gasteiger partial charge < -0.3 is 15.6 Å². The van der Waals surface area contributed by atoms with Crippen LogP contribution in [0.3, 0.4) is 0 Å². The highest BCUT2D eigenvalue weighted by Gasteiger charge is 2.10. The Bertz CT molecular complexity index is 326. The third-order valence-electron chi connectivity index (χ3n) is 1.92. The first-order valence-corrected chi connectivity index (χ1v) is 5.51. The number of benzene rings is 1. The van der Waals surface area contributed by atoms with Crippen molar-refractivity contribution >= 4 is 22.6 Å². The van der Waals surface area contributed by atoms with E-state index >= 15 is 0 Å². The SMILES string of the molecule is COc1cc(C[C@@H](C)[NH3+])c(O)cc1I. The summed E-state index contributed by atoms with van der Waals surface area (Å²) in [4.78, 5) is 0. The summed E-state index contributed by atoms with van der Waals surface area (Å²) in [6.45, 7) is 2.02. The van der Waals surface area contributed by atoms with Gasteiger partial charge in [-0.15, -0.1) is 0 Å². The average molecular weight is 308 g/mol. The van der Waals surface area contributed by atoms with Crippen molar-refractivity contribution in [2.75, 3.05) is 7.11 Å². The van der Waals surface area contributed by atoms with Gasteiger partial charge in [0.05, 0.1) is 16.7 Å². The Morgan fingerprint density at radius 3 is 2.71 bits per heavy atom. The molecule has 0 aliphatic carbocycles. The molecule has 0 aliphatic heterocycles. The molecule has 14 heavy (non-hydrogen) atoms. The lowest BCUT2D eigenvalue weighted by Gasteiger charge is -2.09. The fourth-order valence-electron chi connectivity index (χ4n) is 1.28. The fourth-order valence-corrected chi connectivity index (χ4v) is 1.95. The third-order valence-corrected chi connectivity index (χ3v) is 2.76. The van der Waals surface area contributed by atoms with E-state index < -0.39 is 0 Å². The van der Waals surface area contributed by atoms with Crippen LogP contribution in [0.2, 0.25) is 0 Å². The summed E-state index contributed by atoms with van der Waals surface area (Å²) in [5.74, 6) is 1.13. The second kappa shape index (κ2) is 4.84. The highest BCUT2D eigenvalue weighted by molar-refractivity contribution is 14.1. The molecule has 0 bridgehead atoms. The lowest BCUT2D eigenvalue weighted by molar-refractivity contribution is -0.413. The molecule has 0 amide bonds. The molecule has 0 saturated carbocycles. The summed E-state index contributed by atoms with van der Waals surface area (Å²) >= 11 is 2.14. The van der Waals surface area contributed by atoms with Crippen LogP contribution in [-0.4, -0.2) is 18.3 Å².